The predicted octanol–water partition coefficient (Wildman–Crippen LogP) is 6.61. The van der Waals surface area contributed by atoms with Crippen molar-refractivity contribution in [2.24, 2.45) is 0 Å². The molecule has 0 radical (unpaired) electrons. The highest BCUT2D eigenvalue weighted by atomic mass is 14.3. The first-order chi connectivity index (χ1) is 11.7. The van der Waals surface area contributed by atoms with Crippen LogP contribution < -0.4 is 0 Å². The fraction of sp³-hybridized carbons (Fsp3) is 0.167. The Labute approximate surface area is 142 Å². The Hall–Kier alpha value is -2.60. The van der Waals surface area contributed by atoms with Crippen LogP contribution in [-0.4, -0.2) is 0 Å². The van der Waals surface area contributed by atoms with Gasteiger partial charge in [-0.3, -0.25) is 0 Å². The minimum absolute atomic E-state index is 0.445. The van der Waals surface area contributed by atoms with E-state index in [9.17, 15) is 0 Å². The van der Waals surface area contributed by atoms with Crippen molar-refractivity contribution in [2.45, 2.75) is 25.7 Å². The topological polar surface area (TPSA) is 0 Å². The Kier molecular flexibility index (Phi) is 2.84. The van der Waals surface area contributed by atoms with E-state index >= 15 is 0 Å². The molecule has 24 heavy (non-hydrogen) atoms. The molecule has 0 amide bonds. The first kappa shape index (κ1) is 13.8. The first-order valence-corrected chi connectivity index (χ1v) is 8.77. The van der Waals surface area contributed by atoms with Crippen molar-refractivity contribution >= 4 is 21.5 Å². The molecule has 4 aromatic rings. The zero-order chi connectivity index (χ0) is 16.3. The molecule has 0 heteroatoms. The van der Waals surface area contributed by atoms with E-state index in [1.54, 1.807) is 0 Å². The molecule has 4 aromatic carbocycles. The molecule has 0 atom stereocenters. The normalized spacial score (nSPS) is 19.2. The molecule has 1 aliphatic carbocycles. The molecule has 0 aromatic heterocycles. The molecular weight excluding hydrogens is 288 g/mol. The number of hydrogen-bond donors (Lipinski definition) is 0. The van der Waals surface area contributed by atoms with Gasteiger partial charge in [0, 0.05) is 11.8 Å². The first-order valence-electron chi connectivity index (χ1n) is 8.77. The van der Waals surface area contributed by atoms with Gasteiger partial charge in [-0.1, -0.05) is 86.6 Å². The maximum Gasteiger partial charge on any atom is 0.00673 e. The summed E-state index contributed by atoms with van der Waals surface area (Å²) in [6.07, 6.45) is 0. The lowest BCUT2D eigenvalue weighted by Gasteiger charge is -2.31. The SMILES string of the molecule is CC1c2cc3ccccc3cc2C(C)c2cc3ccccc3cc21. The third-order valence-electron chi connectivity index (χ3n) is 5.77. The minimum atomic E-state index is 0.445. The summed E-state index contributed by atoms with van der Waals surface area (Å²) in [5.41, 5.74) is 5.96. The summed E-state index contributed by atoms with van der Waals surface area (Å²) in [4.78, 5) is 0. The molecule has 0 nitrogen and oxygen atoms in total. The van der Waals surface area contributed by atoms with Crippen LogP contribution >= 0.6 is 0 Å². The van der Waals surface area contributed by atoms with Gasteiger partial charge in [-0.05, 0) is 43.8 Å². The van der Waals surface area contributed by atoms with Crippen LogP contribution in [0.15, 0.2) is 72.8 Å². The van der Waals surface area contributed by atoms with Crippen molar-refractivity contribution in [1.82, 2.24) is 0 Å². The summed E-state index contributed by atoms with van der Waals surface area (Å²) in [6.45, 7) is 4.71. The maximum absolute atomic E-state index is 2.41. The van der Waals surface area contributed by atoms with Crippen LogP contribution in [0.25, 0.3) is 21.5 Å². The Morgan fingerprint density at radius 2 is 0.708 bits per heavy atom. The van der Waals surface area contributed by atoms with E-state index in [0.29, 0.717) is 11.8 Å². The van der Waals surface area contributed by atoms with E-state index in [4.69, 9.17) is 0 Å². The second kappa shape index (κ2) is 4.95. The van der Waals surface area contributed by atoms with Crippen molar-refractivity contribution in [2.75, 3.05) is 0 Å². The zero-order valence-electron chi connectivity index (χ0n) is 14.1. The van der Waals surface area contributed by atoms with Crippen molar-refractivity contribution in [3.05, 3.63) is 95.1 Å². The Bertz CT molecular complexity index is 913. The molecule has 0 N–H and O–H groups in total. The largest absolute Gasteiger partial charge is 0.0616 e. The van der Waals surface area contributed by atoms with Crippen molar-refractivity contribution < 1.29 is 0 Å². The van der Waals surface area contributed by atoms with Gasteiger partial charge in [-0.15, -0.1) is 0 Å². The van der Waals surface area contributed by atoms with Gasteiger partial charge in [-0.2, -0.15) is 0 Å². The molecule has 5 rings (SSSR count). The number of hydrogen-bond acceptors (Lipinski definition) is 0. The molecule has 0 saturated heterocycles. The smallest absolute Gasteiger partial charge is 0.00673 e. The maximum atomic E-state index is 2.41. The van der Waals surface area contributed by atoms with Gasteiger partial charge < -0.3 is 0 Å². The third kappa shape index (κ3) is 1.86. The molecule has 116 valence electrons. The summed E-state index contributed by atoms with van der Waals surface area (Å²) in [5, 5.41) is 5.39. The van der Waals surface area contributed by atoms with Crippen molar-refractivity contribution in [3.8, 4) is 0 Å². The summed E-state index contributed by atoms with van der Waals surface area (Å²) in [5.74, 6) is 0.890. The van der Waals surface area contributed by atoms with Gasteiger partial charge in [0.2, 0.25) is 0 Å². The molecular formula is C24H20. The molecule has 0 fully saturated rings. The van der Waals surface area contributed by atoms with Crippen LogP contribution in [0.5, 0.6) is 0 Å². The second-order valence-electron chi connectivity index (χ2n) is 7.10. The third-order valence-corrected chi connectivity index (χ3v) is 5.77. The van der Waals surface area contributed by atoms with Crippen LogP contribution in [0.3, 0.4) is 0 Å². The van der Waals surface area contributed by atoms with Crippen molar-refractivity contribution in [1.29, 1.82) is 0 Å². The van der Waals surface area contributed by atoms with Crippen LogP contribution in [0.2, 0.25) is 0 Å². The van der Waals surface area contributed by atoms with E-state index in [1.807, 2.05) is 0 Å². The van der Waals surface area contributed by atoms with Gasteiger partial charge in [0.25, 0.3) is 0 Å². The van der Waals surface area contributed by atoms with E-state index in [2.05, 4.69) is 86.6 Å². The van der Waals surface area contributed by atoms with Crippen LogP contribution in [-0.2, 0) is 0 Å². The standard InChI is InChI=1S/C24H20/c1-15-21-11-17-7-3-5-9-19(17)13-23(21)16(2)24-14-20-10-6-4-8-18(20)12-22(15)24/h3-16H,1-2H3. The average Bonchev–Trinajstić information content (AvgIpc) is 2.64. The summed E-state index contributed by atoms with van der Waals surface area (Å²) < 4.78 is 0. The average molecular weight is 308 g/mol. The summed E-state index contributed by atoms with van der Waals surface area (Å²) >= 11 is 0. The van der Waals surface area contributed by atoms with E-state index in [0.717, 1.165) is 0 Å². The molecule has 0 bridgehead atoms. The Balaban J connectivity index is 1.81. The Morgan fingerprint density at radius 1 is 0.458 bits per heavy atom. The molecule has 0 spiro atoms. The lowest BCUT2D eigenvalue weighted by atomic mass is 9.72. The lowest BCUT2D eigenvalue weighted by Crippen LogP contribution is -2.15. The predicted molar refractivity (Wildman–Crippen MR) is 103 cm³/mol. The highest BCUT2D eigenvalue weighted by Gasteiger charge is 2.28. The highest BCUT2D eigenvalue weighted by Crippen LogP contribution is 2.45. The van der Waals surface area contributed by atoms with E-state index < -0.39 is 0 Å². The number of fused-ring (bicyclic) bond motifs is 4. The lowest BCUT2D eigenvalue weighted by molar-refractivity contribution is 0.776. The zero-order valence-corrected chi connectivity index (χ0v) is 14.1. The fourth-order valence-electron chi connectivity index (χ4n) is 4.39. The van der Waals surface area contributed by atoms with Crippen LogP contribution in [0.4, 0.5) is 0 Å². The fourth-order valence-corrected chi connectivity index (χ4v) is 4.39. The van der Waals surface area contributed by atoms with Gasteiger partial charge in [0.15, 0.2) is 0 Å². The van der Waals surface area contributed by atoms with Gasteiger partial charge in [0.1, 0.15) is 0 Å². The van der Waals surface area contributed by atoms with E-state index in [-0.39, 0.29) is 0 Å². The molecule has 0 heterocycles. The Morgan fingerprint density at radius 3 is 0.958 bits per heavy atom. The van der Waals surface area contributed by atoms with Crippen LogP contribution in [0.1, 0.15) is 47.9 Å². The monoisotopic (exact) mass is 308 g/mol. The quantitative estimate of drug-likeness (QED) is 0.343. The minimum Gasteiger partial charge on any atom is -0.0616 e. The van der Waals surface area contributed by atoms with Crippen LogP contribution in [0, 0.1) is 0 Å². The summed E-state index contributed by atoms with van der Waals surface area (Å²) in [6, 6.07) is 27.1. The van der Waals surface area contributed by atoms with Gasteiger partial charge >= 0.3 is 0 Å². The second-order valence-corrected chi connectivity index (χ2v) is 7.10. The van der Waals surface area contributed by atoms with Crippen molar-refractivity contribution in [3.63, 3.8) is 0 Å². The molecule has 0 aliphatic heterocycles. The van der Waals surface area contributed by atoms with E-state index in [1.165, 1.54) is 43.8 Å². The highest BCUT2D eigenvalue weighted by molar-refractivity contribution is 5.87. The molecule has 1 aliphatic rings. The molecule has 0 saturated carbocycles. The van der Waals surface area contributed by atoms with Gasteiger partial charge in [-0.25, -0.2) is 0 Å². The summed E-state index contributed by atoms with van der Waals surface area (Å²) in [7, 11) is 0. The molecule has 0 unspecified atom stereocenters. The number of benzene rings is 4. The number of rotatable bonds is 0. The van der Waals surface area contributed by atoms with Gasteiger partial charge in [0.05, 0.1) is 0 Å².